The molecule has 0 N–H and O–H groups in total. The molecule has 0 unspecified atom stereocenters. The van der Waals surface area contributed by atoms with Crippen LogP contribution in [0.15, 0.2) is 0 Å². The summed E-state index contributed by atoms with van der Waals surface area (Å²) < 4.78 is 0. The Morgan fingerprint density at radius 3 is 2.29 bits per heavy atom. The van der Waals surface area contributed by atoms with Gasteiger partial charge >= 0.3 is 0 Å². The fourth-order valence-corrected chi connectivity index (χ4v) is 0.246. The van der Waals surface area contributed by atoms with Crippen molar-refractivity contribution >= 4 is 0 Å². The van der Waals surface area contributed by atoms with Crippen LogP contribution >= 0.6 is 0 Å². The molecule has 39 valence electrons. The molecule has 0 heterocycles. The molecule has 0 spiro atoms. The van der Waals surface area contributed by atoms with Crippen LogP contribution in [-0.4, -0.2) is 6.61 Å². The van der Waals surface area contributed by atoms with Gasteiger partial charge in [-0.2, -0.15) is 0 Å². The highest BCUT2D eigenvalue weighted by Gasteiger charge is 1.77. The van der Waals surface area contributed by atoms with Crippen molar-refractivity contribution in [1.29, 1.82) is 0 Å². The zero-order valence-electron chi connectivity index (χ0n) is 4.69. The SMILES string of the molecule is CC(C)C#CC[O]. The van der Waals surface area contributed by atoms with Crippen molar-refractivity contribution in [1.82, 2.24) is 0 Å². The third-order valence-corrected chi connectivity index (χ3v) is 0.463. The third-order valence-electron chi connectivity index (χ3n) is 0.463. The van der Waals surface area contributed by atoms with Gasteiger partial charge in [0.05, 0.1) is 0 Å². The van der Waals surface area contributed by atoms with Gasteiger partial charge in [0.1, 0.15) is 6.61 Å². The largest absolute Gasteiger partial charge is 0.223 e. The average Bonchev–Trinajstić information content (AvgIpc) is 1.61. The Morgan fingerprint density at radius 2 is 2.14 bits per heavy atom. The molecule has 1 heteroatoms. The lowest BCUT2D eigenvalue weighted by Gasteiger charge is -1.83. The summed E-state index contributed by atoms with van der Waals surface area (Å²) in [6, 6.07) is 0. The lowest BCUT2D eigenvalue weighted by atomic mass is 10.2. The zero-order valence-corrected chi connectivity index (χ0v) is 4.69. The van der Waals surface area contributed by atoms with Gasteiger partial charge in [0, 0.05) is 5.92 Å². The molecule has 0 saturated heterocycles. The fourth-order valence-electron chi connectivity index (χ4n) is 0.246. The van der Waals surface area contributed by atoms with Gasteiger partial charge in [0.2, 0.25) is 0 Å². The van der Waals surface area contributed by atoms with E-state index in [4.69, 9.17) is 0 Å². The number of hydrogen-bond acceptors (Lipinski definition) is 0. The van der Waals surface area contributed by atoms with Crippen molar-refractivity contribution < 1.29 is 5.11 Å². The maximum atomic E-state index is 9.66. The lowest BCUT2D eigenvalue weighted by molar-refractivity contribution is 0.239. The van der Waals surface area contributed by atoms with Crippen LogP contribution in [-0.2, 0) is 5.11 Å². The molecule has 0 aromatic rings. The Hall–Kier alpha value is -0.480. The quantitative estimate of drug-likeness (QED) is 0.403. The van der Waals surface area contributed by atoms with Crippen LogP contribution in [0.1, 0.15) is 13.8 Å². The lowest BCUT2D eigenvalue weighted by Crippen LogP contribution is -1.78. The molecule has 0 bridgehead atoms. The van der Waals surface area contributed by atoms with Crippen LogP contribution in [0.4, 0.5) is 0 Å². The van der Waals surface area contributed by atoms with Crippen molar-refractivity contribution in [3.05, 3.63) is 0 Å². The van der Waals surface area contributed by atoms with Crippen molar-refractivity contribution in [3.63, 3.8) is 0 Å². The predicted molar refractivity (Wildman–Crippen MR) is 28.2 cm³/mol. The molecule has 0 atom stereocenters. The van der Waals surface area contributed by atoms with Crippen LogP contribution in [0.2, 0.25) is 0 Å². The van der Waals surface area contributed by atoms with Gasteiger partial charge in [0.25, 0.3) is 0 Å². The van der Waals surface area contributed by atoms with E-state index in [1.165, 1.54) is 0 Å². The monoisotopic (exact) mass is 97.1 g/mol. The Labute approximate surface area is 44.4 Å². The summed E-state index contributed by atoms with van der Waals surface area (Å²) in [4.78, 5) is 0. The first-order valence-corrected chi connectivity index (χ1v) is 2.34. The van der Waals surface area contributed by atoms with Crippen molar-refractivity contribution in [2.24, 2.45) is 5.92 Å². The third kappa shape index (κ3) is 5.52. The molecule has 1 radical (unpaired) electrons. The van der Waals surface area contributed by atoms with E-state index in [2.05, 4.69) is 11.8 Å². The predicted octanol–water partition coefficient (Wildman–Crippen LogP) is 1.08. The van der Waals surface area contributed by atoms with Crippen molar-refractivity contribution in [3.8, 4) is 11.8 Å². The van der Waals surface area contributed by atoms with E-state index < -0.39 is 0 Å². The first kappa shape index (κ1) is 6.52. The normalized spacial score (nSPS) is 8.00. The highest BCUT2D eigenvalue weighted by molar-refractivity contribution is 5.00. The fraction of sp³-hybridized carbons (Fsp3) is 0.667. The summed E-state index contributed by atoms with van der Waals surface area (Å²) in [6.07, 6.45) is 0. The summed E-state index contributed by atoms with van der Waals surface area (Å²) in [5.41, 5.74) is 0. The van der Waals surface area contributed by atoms with Crippen molar-refractivity contribution in [2.45, 2.75) is 13.8 Å². The molecule has 0 aromatic carbocycles. The summed E-state index contributed by atoms with van der Waals surface area (Å²) in [5.74, 6) is 5.52. The maximum absolute atomic E-state index is 9.66. The standard InChI is InChI=1S/C6H9O/c1-6(2)4-3-5-7/h6H,5H2,1-2H3. The topological polar surface area (TPSA) is 19.9 Å². The molecule has 0 saturated carbocycles. The first-order chi connectivity index (χ1) is 3.27. The van der Waals surface area contributed by atoms with E-state index in [1.54, 1.807) is 0 Å². The van der Waals surface area contributed by atoms with Gasteiger partial charge < -0.3 is 0 Å². The zero-order chi connectivity index (χ0) is 5.70. The van der Waals surface area contributed by atoms with Gasteiger partial charge in [-0.1, -0.05) is 25.7 Å². The minimum Gasteiger partial charge on any atom is -0.223 e. The molecular weight excluding hydrogens is 88.1 g/mol. The van der Waals surface area contributed by atoms with Crippen LogP contribution in [0, 0.1) is 17.8 Å². The van der Waals surface area contributed by atoms with E-state index in [1.807, 2.05) is 13.8 Å². The average molecular weight is 97.1 g/mol. The molecule has 0 aliphatic rings. The van der Waals surface area contributed by atoms with Crippen LogP contribution in [0.3, 0.4) is 0 Å². The smallest absolute Gasteiger partial charge is 0.143 e. The van der Waals surface area contributed by atoms with E-state index in [9.17, 15) is 5.11 Å². The second-order valence-electron chi connectivity index (χ2n) is 1.62. The molecule has 0 aromatic heterocycles. The van der Waals surface area contributed by atoms with Gasteiger partial charge in [-0.15, -0.1) is 0 Å². The molecule has 0 rings (SSSR count). The Bertz CT molecular complexity index is 84.1. The molecule has 1 nitrogen and oxygen atoms in total. The van der Waals surface area contributed by atoms with E-state index >= 15 is 0 Å². The molecule has 0 fully saturated rings. The molecule has 0 aliphatic heterocycles. The van der Waals surface area contributed by atoms with Crippen LogP contribution < -0.4 is 0 Å². The minimum absolute atomic E-state index is 0.266. The highest BCUT2D eigenvalue weighted by atomic mass is 16.2. The summed E-state index contributed by atoms with van der Waals surface area (Å²) in [5, 5.41) is 9.66. The second-order valence-corrected chi connectivity index (χ2v) is 1.62. The molecule has 0 aliphatic carbocycles. The minimum atomic E-state index is -0.266. The molecule has 7 heavy (non-hydrogen) atoms. The number of rotatable bonds is 0. The van der Waals surface area contributed by atoms with Crippen LogP contribution in [0.5, 0.6) is 0 Å². The Balaban J connectivity index is 3.24. The van der Waals surface area contributed by atoms with Gasteiger partial charge in [0.15, 0.2) is 0 Å². The summed E-state index contributed by atoms with van der Waals surface area (Å²) >= 11 is 0. The van der Waals surface area contributed by atoms with Gasteiger partial charge in [-0.25, -0.2) is 5.11 Å². The highest BCUT2D eigenvalue weighted by Crippen LogP contribution is 1.83. The molecule has 0 amide bonds. The second kappa shape index (κ2) is 3.70. The molecular formula is C6H9O. The summed E-state index contributed by atoms with van der Waals surface area (Å²) in [6.45, 7) is 3.66. The maximum Gasteiger partial charge on any atom is 0.143 e. The van der Waals surface area contributed by atoms with E-state index in [0.29, 0.717) is 5.92 Å². The summed E-state index contributed by atoms with van der Waals surface area (Å²) in [7, 11) is 0. The Kier molecular flexibility index (Phi) is 3.45. The van der Waals surface area contributed by atoms with E-state index in [-0.39, 0.29) is 6.61 Å². The van der Waals surface area contributed by atoms with Gasteiger partial charge in [-0.05, 0) is 0 Å². The van der Waals surface area contributed by atoms with Crippen LogP contribution in [0.25, 0.3) is 0 Å². The number of hydrogen-bond donors (Lipinski definition) is 0. The van der Waals surface area contributed by atoms with E-state index in [0.717, 1.165) is 0 Å². The van der Waals surface area contributed by atoms with Crippen molar-refractivity contribution in [2.75, 3.05) is 6.61 Å². The van der Waals surface area contributed by atoms with Gasteiger partial charge in [-0.3, -0.25) is 0 Å². The Morgan fingerprint density at radius 1 is 1.57 bits per heavy atom. The first-order valence-electron chi connectivity index (χ1n) is 2.34.